The van der Waals surface area contributed by atoms with E-state index < -0.39 is 5.91 Å². The fourth-order valence-corrected chi connectivity index (χ4v) is 1.30. The van der Waals surface area contributed by atoms with Gasteiger partial charge in [0.05, 0.1) is 0 Å². The molecule has 0 spiro atoms. The van der Waals surface area contributed by atoms with Gasteiger partial charge in [-0.1, -0.05) is 0 Å². The maximum absolute atomic E-state index is 11.7. The van der Waals surface area contributed by atoms with Crippen molar-refractivity contribution in [2.45, 2.75) is 6.92 Å². The predicted molar refractivity (Wildman–Crippen MR) is 58.8 cm³/mol. The van der Waals surface area contributed by atoms with Gasteiger partial charge in [0.1, 0.15) is 17.3 Å². The number of nitrogens with zero attached hydrogens (tertiary/aromatic N) is 2. The molecule has 1 heterocycles. The number of benzene rings is 1. The zero-order chi connectivity index (χ0) is 12.4. The first kappa shape index (κ1) is 10.9. The van der Waals surface area contributed by atoms with Crippen molar-refractivity contribution in [1.82, 2.24) is 15.2 Å². The van der Waals surface area contributed by atoms with Crippen LogP contribution in [0, 0.1) is 6.92 Å². The molecule has 0 saturated heterocycles. The number of aromatic hydroxyl groups is 2. The van der Waals surface area contributed by atoms with Crippen molar-refractivity contribution in [3.63, 3.8) is 0 Å². The third kappa shape index (κ3) is 2.51. The van der Waals surface area contributed by atoms with Gasteiger partial charge in [-0.05, 0) is 19.1 Å². The van der Waals surface area contributed by atoms with Gasteiger partial charge in [-0.15, -0.1) is 5.10 Å². The van der Waals surface area contributed by atoms with Gasteiger partial charge in [0.25, 0.3) is 5.91 Å². The molecule has 2 aromatic rings. The Labute approximate surface area is 96.1 Å². The zero-order valence-corrected chi connectivity index (χ0v) is 8.93. The second-order valence-corrected chi connectivity index (χ2v) is 3.44. The van der Waals surface area contributed by atoms with Crippen LogP contribution in [0.3, 0.4) is 0 Å². The number of amides is 1. The van der Waals surface area contributed by atoms with Crippen LogP contribution in [0.15, 0.2) is 18.2 Å². The van der Waals surface area contributed by atoms with E-state index in [9.17, 15) is 15.0 Å². The number of hydrogen-bond donors (Lipinski definition) is 4. The van der Waals surface area contributed by atoms with Gasteiger partial charge < -0.3 is 10.2 Å². The third-order valence-corrected chi connectivity index (χ3v) is 1.99. The SMILES string of the molecule is Cc1nc(NC(=O)c2cc(O)cc(O)c2)n[nH]1. The summed E-state index contributed by atoms with van der Waals surface area (Å²) in [5, 5.41) is 27.2. The highest BCUT2D eigenvalue weighted by Crippen LogP contribution is 2.20. The van der Waals surface area contributed by atoms with Gasteiger partial charge >= 0.3 is 0 Å². The monoisotopic (exact) mass is 234 g/mol. The van der Waals surface area contributed by atoms with Crippen LogP contribution in [0.2, 0.25) is 0 Å². The number of H-pyrrole nitrogens is 1. The summed E-state index contributed by atoms with van der Waals surface area (Å²) in [7, 11) is 0. The molecule has 0 aliphatic heterocycles. The van der Waals surface area contributed by atoms with E-state index in [1.165, 1.54) is 12.1 Å². The summed E-state index contributed by atoms with van der Waals surface area (Å²) in [6.45, 7) is 1.70. The molecule has 0 atom stereocenters. The van der Waals surface area contributed by atoms with Crippen LogP contribution < -0.4 is 5.32 Å². The minimum Gasteiger partial charge on any atom is -0.508 e. The average Bonchev–Trinajstić information content (AvgIpc) is 2.62. The summed E-state index contributed by atoms with van der Waals surface area (Å²) in [4.78, 5) is 15.6. The van der Waals surface area contributed by atoms with Gasteiger partial charge in [0.2, 0.25) is 5.95 Å². The summed E-state index contributed by atoms with van der Waals surface area (Å²) < 4.78 is 0. The Kier molecular flexibility index (Phi) is 2.65. The van der Waals surface area contributed by atoms with Gasteiger partial charge in [-0.25, -0.2) is 0 Å². The number of rotatable bonds is 2. The molecule has 1 aromatic carbocycles. The highest BCUT2D eigenvalue weighted by molar-refractivity contribution is 6.03. The lowest BCUT2D eigenvalue weighted by atomic mass is 10.2. The topological polar surface area (TPSA) is 111 Å². The molecule has 0 radical (unpaired) electrons. The quantitative estimate of drug-likeness (QED) is 0.613. The summed E-state index contributed by atoms with van der Waals surface area (Å²) >= 11 is 0. The fraction of sp³-hybridized carbons (Fsp3) is 0.100. The molecule has 0 aliphatic carbocycles. The smallest absolute Gasteiger partial charge is 0.258 e. The summed E-state index contributed by atoms with van der Waals surface area (Å²) in [5.41, 5.74) is 0.116. The number of phenolic OH excluding ortho intramolecular Hbond substituents is 2. The molecule has 0 fully saturated rings. The van der Waals surface area contributed by atoms with Crippen molar-refractivity contribution in [3.05, 3.63) is 29.6 Å². The molecule has 1 amide bonds. The standard InChI is InChI=1S/C10H10N4O3/c1-5-11-10(14-13-5)12-9(17)6-2-7(15)4-8(16)3-6/h2-4,15-16H,1H3,(H2,11,12,13,14,17). The Morgan fingerprint density at radius 2 is 1.94 bits per heavy atom. The lowest BCUT2D eigenvalue weighted by Crippen LogP contribution is -2.12. The number of aromatic amines is 1. The second-order valence-electron chi connectivity index (χ2n) is 3.44. The summed E-state index contributed by atoms with van der Waals surface area (Å²) in [5.74, 6) is -0.202. The maximum Gasteiger partial charge on any atom is 0.258 e. The van der Waals surface area contributed by atoms with Crippen molar-refractivity contribution in [3.8, 4) is 11.5 Å². The van der Waals surface area contributed by atoms with Crippen LogP contribution in [0.5, 0.6) is 11.5 Å². The molecule has 17 heavy (non-hydrogen) atoms. The fourth-order valence-electron chi connectivity index (χ4n) is 1.30. The van der Waals surface area contributed by atoms with Crippen LogP contribution in [0.25, 0.3) is 0 Å². The summed E-state index contributed by atoms with van der Waals surface area (Å²) in [6.07, 6.45) is 0. The highest BCUT2D eigenvalue weighted by Gasteiger charge is 2.10. The van der Waals surface area contributed by atoms with E-state index in [1.807, 2.05) is 0 Å². The minimum absolute atomic E-state index is 0.116. The van der Waals surface area contributed by atoms with Crippen molar-refractivity contribution in [2.75, 3.05) is 5.32 Å². The lowest BCUT2D eigenvalue weighted by Gasteiger charge is -2.02. The van der Waals surface area contributed by atoms with Crippen molar-refractivity contribution < 1.29 is 15.0 Å². The van der Waals surface area contributed by atoms with Gasteiger partial charge in [0.15, 0.2) is 0 Å². The molecule has 0 saturated carbocycles. The first-order chi connectivity index (χ1) is 8.04. The molecular formula is C10H10N4O3. The Morgan fingerprint density at radius 1 is 1.29 bits per heavy atom. The molecule has 88 valence electrons. The van der Waals surface area contributed by atoms with E-state index >= 15 is 0 Å². The van der Waals surface area contributed by atoms with Crippen LogP contribution in [0.1, 0.15) is 16.2 Å². The first-order valence-corrected chi connectivity index (χ1v) is 4.78. The van der Waals surface area contributed by atoms with Gasteiger partial charge in [0, 0.05) is 11.6 Å². The maximum atomic E-state index is 11.7. The molecule has 0 bridgehead atoms. The number of hydrogen-bond acceptors (Lipinski definition) is 5. The lowest BCUT2D eigenvalue weighted by molar-refractivity contribution is 0.102. The van der Waals surface area contributed by atoms with Crippen molar-refractivity contribution in [2.24, 2.45) is 0 Å². The van der Waals surface area contributed by atoms with Gasteiger partial charge in [-0.3, -0.25) is 15.2 Å². The largest absolute Gasteiger partial charge is 0.508 e. The Hall–Kier alpha value is -2.57. The molecule has 0 aliphatic rings. The van der Waals surface area contributed by atoms with E-state index in [1.54, 1.807) is 6.92 Å². The Balaban J connectivity index is 2.19. The highest BCUT2D eigenvalue weighted by atomic mass is 16.3. The molecule has 7 heteroatoms. The van der Waals surface area contributed by atoms with Crippen LogP contribution in [-0.4, -0.2) is 31.3 Å². The third-order valence-electron chi connectivity index (χ3n) is 1.99. The Morgan fingerprint density at radius 3 is 2.47 bits per heavy atom. The first-order valence-electron chi connectivity index (χ1n) is 4.78. The predicted octanol–water partition coefficient (Wildman–Crippen LogP) is 0.777. The number of aryl methyl sites for hydroxylation is 1. The van der Waals surface area contributed by atoms with Crippen LogP contribution >= 0.6 is 0 Å². The molecule has 7 nitrogen and oxygen atoms in total. The zero-order valence-electron chi connectivity index (χ0n) is 8.93. The molecule has 4 N–H and O–H groups in total. The van der Waals surface area contributed by atoms with Crippen LogP contribution in [0.4, 0.5) is 5.95 Å². The van der Waals surface area contributed by atoms with E-state index in [0.717, 1.165) is 6.07 Å². The molecular weight excluding hydrogens is 224 g/mol. The number of carbonyl (C=O) groups excluding carboxylic acids is 1. The normalized spacial score (nSPS) is 10.2. The summed E-state index contributed by atoms with van der Waals surface area (Å²) in [6, 6.07) is 3.59. The van der Waals surface area contributed by atoms with E-state index in [4.69, 9.17) is 0 Å². The van der Waals surface area contributed by atoms with E-state index in [-0.39, 0.29) is 23.0 Å². The van der Waals surface area contributed by atoms with E-state index in [0.29, 0.717) is 5.82 Å². The number of carbonyl (C=O) groups is 1. The minimum atomic E-state index is -0.518. The molecule has 0 unspecified atom stereocenters. The molecule has 2 rings (SSSR count). The number of nitrogens with one attached hydrogen (secondary N) is 2. The number of anilines is 1. The average molecular weight is 234 g/mol. The van der Waals surface area contributed by atoms with Crippen molar-refractivity contribution in [1.29, 1.82) is 0 Å². The number of phenols is 2. The van der Waals surface area contributed by atoms with Gasteiger partial charge in [-0.2, -0.15) is 4.98 Å². The van der Waals surface area contributed by atoms with Crippen LogP contribution in [-0.2, 0) is 0 Å². The second kappa shape index (κ2) is 4.12. The molecule has 1 aromatic heterocycles. The van der Waals surface area contributed by atoms with Crippen molar-refractivity contribution >= 4 is 11.9 Å². The number of aromatic nitrogens is 3. The Bertz CT molecular complexity index is 544. The van der Waals surface area contributed by atoms with E-state index in [2.05, 4.69) is 20.5 Å².